The van der Waals surface area contributed by atoms with Crippen molar-refractivity contribution in [2.24, 2.45) is 0 Å². The third kappa shape index (κ3) is 6.07. The molecule has 1 aromatic rings. The topological polar surface area (TPSA) is 92.7 Å². The van der Waals surface area contributed by atoms with Crippen molar-refractivity contribution in [1.29, 1.82) is 0 Å². The first-order chi connectivity index (χ1) is 9.92. The predicted octanol–water partition coefficient (Wildman–Crippen LogP) is 1.06. The molecular formula is C15H19NO5. The predicted molar refractivity (Wildman–Crippen MR) is 75.7 cm³/mol. The van der Waals surface area contributed by atoms with Crippen LogP contribution in [0.2, 0.25) is 0 Å². The molecule has 0 aromatic heterocycles. The SMILES string of the molecule is COC(=O)CC[C@H](NC(=O)Cc1ccc(C)cc1)C(=O)O. The summed E-state index contributed by atoms with van der Waals surface area (Å²) < 4.78 is 4.45. The van der Waals surface area contributed by atoms with Crippen LogP contribution < -0.4 is 5.32 Å². The Morgan fingerprint density at radius 2 is 1.86 bits per heavy atom. The Hall–Kier alpha value is -2.37. The summed E-state index contributed by atoms with van der Waals surface area (Å²) in [7, 11) is 1.23. The van der Waals surface area contributed by atoms with Crippen molar-refractivity contribution in [3.05, 3.63) is 35.4 Å². The summed E-state index contributed by atoms with van der Waals surface area (Å²) in [5.41, 5.74) is 1.89. The van der Waals surface area contributed by atoms with E-state index in [0.29, 0.717) is 0 Å². The van der Waals surface area contributed by atoms with Crippen molar-refractivity contribution in [3.63, 3.8) is 0 Å². The van der Waals surface area contributed by atoms with Crippen molar-refractivity contribution in [2.45, 2.75) is 32.2 Å². The first kappa shape index (κ1) is 16.7. The van der Waals surface area contributed by atoms with Crippen LogP contribution in [0.5, 0.6) is 0 Å². The molecule has 0 radical (unpaired) electrons. The number of benzene rings is 1. The molecule has 6 nitrogen and oxygen atoms in total. The zero-order chi connectivity index (χ0) is 15.8. The number of aryl methyl sites for hydroxylation is 1. The third-order valence-corrected chi connectivity index (χ3v) is 2.98. The molecule has 6 heteroatoms. The van der Waals surface area contributed by atoms with Gasteiger partial charge in [-0.15, -0.1) is 0 Å². The summed E-state index contributed by atoms with van der Waals surface area (Å²) in [6.45, 7) is 1.94. The van der Waals surface area contributed by atoms with Crippen LogP contribution in [0.25, 0.3) is 0 Å². The summed E-state index contributed by atoms with van der Waals surface area (Å²) in [4.78, 5) is 33.9. The standard InChI is InChI=1S/C15H19NO5/c1-10-3-5-11(6-4-10)9-13(17)16-12(15(19)20)7-8-14(18)21-2/h3-6,12H,7-9H2,1-2H3,(H,16,17)(H,19,20)/t12-/m0/s1. The fourth-order valence-corrected chi connectivity index (χ4v) is 1.76. The Bertz CT molecular complexity index is 509. The van der Waals surface area contributed by atoms with Crippen molar-refractivity contribution in [2.75, 3.05) is 7.11 Å². The van der Waals surface area contributed by atoms with Crippen LogP contribution in [0.1, 0.15) is 24.0 Å². The fourth-order valence-electron chi connectivity index (χ4n) is 1.76. The van der Waals surface area contributed by atoms with Gasteiger partial charge in [-0.1, -0.05) is 29.8 Å². The minimum atomic E-state index is -1.17. The molecule has 2 N–H and O–H groups in total. The van der Waals surface area contributed by atoms with E-state index < -0.39 is 23.9 Å². The molecular weight excluding hydrogens is 274 g/mol. The van der Waals surface area contributed by atoms with Gasteiger partial charge in [0, 0.05) is 6.42 Å². The van der Waals surface area contributed by atoms with Gasteiger partial charge in [0.2, 0.25) is 5.91 Å². The van der Waals surface area contributed by atoms with E-state index in [4.69, 9.17) is 5.11 Å². The summed E-state index contributed by atoms with van der Waals surface area (Å²) in [5, 5.41) is 11.5. The van der Waals surface area contributed by atoms with E-state index in [1.807, 2.05) is 31.2 Å². The molecule has 1 rings (SSSR count). The number of carboxylic acids is 1. The first-order valence-corrected chi connectivity index (χ1v) is 6.57. The van der Waals surface area contributed by atoms with Crippen LogP contribution in [-0.4, -0.2) is 36.1 Å². The molecule has 1 atom stereocenters. The van der Waals surface area contributed by atoms with Gasteiger partial charge < -0.3 is 15.2 Å². The third-order valence-electron chi connectivity index (χ3n) is 2.98. The molecule has 0 bridgehead atoms. The van der Waals surface area contributed by atoms with Crippen molar-refractivity contribution in [1.82, 2.24) is 5.32 Å². The van der Waals surface area contributed by atoms with Gasteiger partial charge in [0.05, 0.1) is 13.5 Å². The van der Waals surface area contributed by atoms with E-state index in [2.05, 4.69) is 10.1 Å². The number of methoxy groups -OCH3 is 1. The lowest BCUT2D eigenvalue weighted by molar-refractivity contribution is -0.144. The van der Waals surface area contributed by atoms with Crippen LogP contribution in [0.4, 0.5) is 0 Å². The van der Waals surface area contributed by atoms with Crippen LogP contribution in [0, 0.1) is 6.92 Å². The number of esters is 1. The molecule has 0 fully saturated rings. The molecule has 114 valence electrons. The monoisotopic (exact) mass is 293 g/mol. The number of carboxylic acid groups (broad SMARTS) is 1. The summed E-state index contributed by atoms with van der Waals surface area (Å²) >= 11 is 0. The van der Waals surface area contributed by atoms with E-state index in [9.17, 15) is 14.4 Å². The van der Waals surface area contributed by atoms with Gasteiger partial charge in [-0.25, -0.2) is 4.79 Å². The fraction of sp³-hybridized carbons (Fsp3) is 0.400. The lowest BCUT2D eigenvalue weighted by Crippen LogP contribution is -2.41. The van der Waals surface area contributed by atoms with Crippen LogP contribution in [0.15, 0.2) is 24.3 Å². The summed E-state index contributed by atoms with van der Waals surface area (Å²) in [6.07, 6.45) is 0.0439. The lowest BCUT2D eigenvalue weighted by Gasteiger charge is -2.14. The van der Waals surface area contributed by atoms with Gasteiger partial charge in [0.15, 0.2) is 0 Å². The van der Waals surface area contributed by atoms with Gasteiger partial charge in [-0.3, -0.25) is 9.59 Å². The van der Waals surface area contributed by atoms with E-state index >= 15 is 0 Å². The number of carbonyl (C=O) groups excluding carboxylic acids is 2. The Morgan fingerprint density at radius 3 is 2.38 bits per heavy atom. The van der Waals surface area contributed by atoms with E-state index in [1.165, 1.54) is 7.11 Å². The van der Waals surface area contributed by atoms with Gasteiger partial charge in [-0.2, -0.15) is 0 Å². The highest BCUT2D eigenvalue weighted by Gasteiger charge is 2.21. The molecule has 0 aliphatic carbocycles. The summed E-state index contributed by atoms with van der Waals surface area (Å²) in [6, 6.07) is 6.31. The molecule has 0 heterocycles. The highest BCUT2D eigenvalue weighted by atomic mass is 16.5. The second-order valence-electron chi connectivity index (χ2n) is 4.74. The van der Waals surface area contributed by atoms with Crippen molar-refractivity contribution >= 4 is 17.8 Å². The number of carbonyl (C=O) groups is 3. The second kappa shape index (κ2) is 8.04. The first-order valence-electron chi connectivity index (χ1n) is 6.57. The van der Waals surface area contributed by atoms with Crippen molar-refractivity contribution < 1.29 is 24.2 Å². The van der Waals surface area contributed by atoms with E-state index in [1.54, 1.807) is 0 Å². The summed E-state index contributed by atoms with van der Waals surface area (Å²) in [5.74, 6) is -2.07. The lowest BCUT2D eigenvalue weighted by atomic mass is 10.1. The zero-order valence-corrected chi connectivity index (χ0v) is 12.1. The van der Waals surface area contributed by atoms with Gasteiger partial charge in [0.25, 0.3) is 0 Å². The number of amides is 1. The van der Waals surface area contributed by atoms with Gasteiger partial charge in [-0.05, 0) is 18.9 Å². The number of nitrogens with one attached hydrogen (secondary N) is 1. The van der Waals surface area contributed by atoms with E-state index in [-0.39, 0.29) is 19.3 Å². The Labute approximate surface area is 123 Å². The number of rotatable bonds is 7. The maximum absolute atomic E-state index is 11.8. The number of aliphatic carboxylic acids is 1. The largest absolute Gasteiger partial charge is 0.480 e. The molecule has 1 amide bonds. The highest BCUT2D eigenvalue weighted by Crippen LogP contribution is 2.05. The van der Waals surface area contributed by atoms with Gasteiger partial charge in [0.1, 0.15) is 6.04 Å². The van der Waals surface area contributed by atoms with Crippen LogP contribution in [0.3, 0.4) is 0 Å². The molecule has 1 aromatic carbocycles. The maximum Gasteiger partial charge on any atom is 0.326 e. The normalized spacial score (nSPS) is 11.5. The molecule has 0 spiro atoms. The molecule has 0 aliphatic rings. The quantitative estimate of drug-likeness (QED) is 0.733. The number of ether oxygens (including phenoxy) is 1. The van der Waals surface area contributed by atoms with Crippen LogP contribution in [-0.2, 0) is 25.5 Å². The average Bonchev–Trinajstić information content (AvgIpc) is 2.45. The van der Waals surface area contributed by atoms with Crippen LogP contribution >= 0.6 is 0 Å². The molecule has 21 heavy (non-hydrogen) atoms. The van der Waals surface area contributed by atoms with E-state index in [0.717, 1.165) is 11.1 Å². The smallest absolute Gasteiger partial charge is 0.326 e. The Balaban J connectivity index is 2.54. The number of hydrogen-bond donors (Lipinski definition) is 2. The Kier molecular flexibility index (Phi) is 6.39. The Morgan fingerprint density at radius 1 is 1.24 bits per heavy atom. The molecule has 0 unspecified atom stereocenters. The van der Waals surface area contributed by atoms with Gasteiger partial charge >= 0.3 is 11.9 Å². The zero-order valence-electron chi connectivity index (χ0n) is 12.1. The second-order valence-corrected chi connectivity index (χ2v) is 4.74. The number of hydrogen-bond acceptors (Lipinski definition) is 4. The molecule has 0 saturated carbocycles. The minimum Gasteiger partial charge on any atom is -0.480 e. The maximum atomic E-state index is 11.8. The highest BCUT2D eigenvalue weighted by molar-refractivity contribution is 5.85. The molecule has 0 saturated heterocycles. The minimum absolute atomic E-state index is 0.00163. The van der Waals surface area contributed by atoms with Crippen molar-refractivity contribution in [3.8, 4) is 0 Å². The molecule has 0 aliphatic heterocycles. The average molecular weight is 293 g/mol.